The van der Waals surface area contributed by atoms with E-state index in [9.17, 15) is 0 Å². The van der Waals surface area contributed by atoms with Crippen molar-refractivity contribution < 1.29 is 10.2 Å². The summed E-state index contributed by atoms with van der Waals surface area (Å²) in [5, 5.41) is 17.7. The maximum absolute atomic E-state index is 8.84. The van der Waals surface area contributed by atoms with Crippen molar-refractivity contribution in [2.75, 3.05) is 32.8 Å². The maximum atomic E-state index is 8.84. The lowest BCUT2D eigenvalue weighted by Crippen LogP contribution is -2.27. The first kappa shape index (κ1) is 34.9. The molecule has 0 aliphatic rings. The fourth-order valence-electron chi connectivity index (χ4n) is 5.17. The van der Waals surface area contributed by atoms with E-state index in [0.717, 1.165) is 12.8 Å². The molecule has 3 nitrogen and oxygen atoms in total. The Morgan fingerprint density at radius 1 is 0.314 bits per heavy atom. The minimum absolute atomic E-state index is 0.364. The van der Waals surface area contributed by atoms with Crippen molar-refractivity contribution in [1.29, 1.82) is 0 Å². The number of aliphatic hydroxyl groups is 2. The van der Waals surface area contributed by atoms with Crippen LogP contribution < -0.4 is 0 Å². The van der Waals surface area contributed by atoms with E-state index in [2.05, 4.69) is 11.8 Å². The zero-order valence-electron chi connectivity index (χ0n) is 24.3. The van der Waals surface area contributed by atoms with E-state index >= 15 is 0 Å². The molecule has 0 unspecified atom stereocenters. The van der Waals surface area contributed by atoms with Gasteiger partial charge < -0.3 is 15.1 Å². The van der Waals surface area contributed by atoms with Crippen LogP contribution in [0.15, 0.2) is 0 Å². The molecule has 0 aliphatic heterocycles. The second-order valence-electron chi connectivity index (χ2n) is 11.1. The number of unbranched alkanes of at least 4 members (excludes halogenated alkanes) is 23. The lowest BCUT2D eigenvalue weighted by Gasteiger charge is -2.22. The van der Waals surface area contributed by atoms with Crippen molar-refractivity contribution in [3.63, 3.8) is 0 Å². The summed E-state index contributed by atoms with van der Waals surface area (Å²) in [5.74, 6) is 0. The van der Waals surface area contributed by atoms with Gasteiger partial charge in [-0.2, -0.15) is 0 Å². The normalized spacial score (nSPS) is 11.7. The molecule has 3 heteroatoms. The van der Waals surface area contributed by atoms with E-state index in [1.165, 1.54) is 174 Å². The summed E-state index contributed by atoms with van der Waals surface area (Å²) in [7, 11) is 0. The highest BCUT2D eigenvalue weighted by Crippen LogP contribution is 2.14. The fourth-order valence-corrected chi connectivity index (χ4v) is 5.17. The lowest BCUT2D eigenvalue weighted by molar-refractivity contribution is 0.254. The summed E-state index contributed by atoms with van der Waals surface area (Å²) < 4.78 is 0. The smallest absolute Gasteiger partial charge is 0.0431 e. The Bertz CT molecular complexity index is 337. The zero-order valence-corrected chi connectivity index (χ0v) is 24.3. The quantitative estimate of drug-likeness (QED) is 0.0937. The van der Waals surface area contributed by atoms with Crippen LogP contribution in [0.2, 0.25) is 0 Å². The van der Waals surface area contributed by atoms with E-state index in [1.54, 1.807) is 0 Å². The molecule has 0 aliphatic carbocycles. The first-order valence-electron chi connectivity index (χ1n) is 16.3. The molecule has 0 aromatic rings. The van der Waals surface area contributed by atoms with Crippen LogP contribution in [0, 0.1) is 0 Å². The van der Waals surface area contributed by atoms with Crippen LogP contribution in [0.3, 0.4) is 0 Å². The first-order chi connectivity index (χ1) is 17.3. The molecule has 0 rings (SSSR count). The van der Waals surface area contributed by atoms with Crippen LogP contribution in [0.5, 0.6) is 0 Å². The molecular weight excluding hydrogens is 430 g/mol. The standard InChI is InChI=1S/C32H67NO2/c1-2-3-4-5-18-23-28-33(29-24-19-14-10-6-8-12-16-21-26-31-34)30-25-20-15-11-7-9-13-17-22-27-32-35/h34-35H,2-32H2,1H3. The van der Waals surface area contributed by atoms with Crippen LogP contribution in [0.4, 0.5) is 0 Å². The Morgan fingerprint density at radius 2 is 0.543 bits per heavy atom. The second-order valence-corrected chi connectivity index (χ2v) is 11.1. The molecule has 0 radical (unpaired) electrons. The molecule has 0 bridgehead atoms. The minimum Gasteiger partial charge on any atom is -0.396 e. The Labute approximate surface area is 221 Å². The van der Waals surface area contributed by atoms with E-state index in [-0.39, 0.29) is 0 Å². The SMILES string of the molecule is CCCCCCCCN(CCCCCCCCCCCCO)CCCCCCCCCCCCO. The molecule has 0 atom stereocenters. The summed E-state index contributed by atoms with van der Waals surface area (Å²) in [5.41, 5.74) is 0. The Balaban J connectivity index is 3.78. The molecule has 212 valence electrons. The third kappa shape index (κ3) is 30.0. The van der Waals surface area contributed by atoms with Crippen molar-refractivity contribution in [2.45, 2.75) is 174 Å². The molecule has 0 saturated heterocycles. The number of hydrogen-bond acceptors (Lipinski definition) is 3. The van der Waals surface area contributed by atoms with Crippen molar-refractivity contribution in [3.8, 4) is 0 Å². The molecule has 0 aromatic heterocycles. The Morgan fingerprint density at radius 3 is 0.800 bits per heavy atom. The van der Waals surface area contributed by atoms with Crippen molar-refractivity contribution in [2.24, 2.45) is 0 Å². The van der Waals surface area contributed by atoms with Gasteiger partial charge in [-0.05, 0) is 51.7 Å². The van der Waals surface area contributed by atoms with Crippen LogP contribution in [-0.2, 0) is 0 Å². The van der Waals surface area contributed by atoms with Crippen LogP contribution in [0.25, 0.3) is 0 Å². The predicted octanol–water partition coefficient (Wildman–Crippen LogP) is 9.44. The zero-order chi connectivity index (χ0) is 25.5. The topological polar surface area (TPSA) is 43.7 Å². The predicted molar refractivity (Wildman–Crippen MR) is 156 cm³/mol. The molecule has 35 heavy (non-hydrogen) atoms. The average molecular weight is 498 g/mol. The fraction of sp³-hybridized carbons (Fsp3) is 1.00. The number of rotatable bonds is 31. The largest absolute Gasteiger partial charge is 0.396 e. The molecule has 0 saturated carbocycles. The van der Waals surface area contributed by atoms with E-state index in [1.807, 2.05) is 0 Å². The number of hydrogen-bond donors (Lipinski definition) is 2. The van der Waals surface area contributed by atoms with Gasteiger partial charge in [0.15, 0.2) is 0 Å². The van der Waals surface area contributed by atoms with E-state index in [4.69, 9.17) is 10.2 Å². The highest BCUT2D eigenvalue weighted by Gasteiger charge is 2.05. The van der Waals surface area contributed by atoms with Crippen molar-refractivity contribution in [3.05, 3.63) is 0 Å². The highest BCUT2D eigenvalue weighted by molar-refractivity contribution is 4.61. The Hall–Kier alpha value is -0.120. The van der Waals surface area contributed by atoms with Crippen LogP contribution in [0.1, 0.15) is 174 Å². The second kappa shape index (κ2) is 31.9. The van der Waals surface area contributed by atoms with Crippen molar-refractivity contribution >= 4 is 0 Å². The maximum Gasteiger partial charge on any atom is 0.0431 e. The van der Waals surface area contributed by atoms with Gasteiger partial charge in [0.2, 0.25) is 0 Å². The van der Waals surface area contributed by atoms with Gasteiger partial charge in [0.05, 0.1) is 0 Å². The number of aliphatic hydroxyl groups excluding tert-OH is 2. The molecule has 0 fully saturated rings. The first-order valence-corrected chi connectivity index (χ1v) is 16.3. The molecule has 0 aromatic carbocycles. The van der Waals surface area contributed by atoms with Crippen LogP contribution >= 0.6 is 0 Å². The van der Waals surface area contributed by atoms with Gasteiger partial charge in [-0.25, -0.2) is 0 Å². The van der Waals surface area contributed by atoms with E-state index < -0.39 is 0 Å². The molecule has 0 heterocycles. The van der Waals surface area contributed by atoms with Gasteiger partial charge in [0.1, 0.15) is 0 Å². The summed E-state index contributed by atoms with van der Waals surface area (Å²) in [6, 6.07) is 0. The summed E-state index contributed by atoms with van der Waals surface area (Å²) in [6.07, 6.45) is 35.0. The average Bonchev–Trinajstić information content (AvgIpc) is 2.87. The van der Waals surface area contributed by atoms with Gasteiger partial charge in [0, 0.05) is 13.2 Å². The lowest BCUT2D eigenvalue weighted by atomic mass is 10.1. The third-order valence-corrected chi connectivity index (χ3v) is 7.59. The minimum atomic E-state index is 0.364. The number of nitrogens with zero attached hydrogens (tertiary/aromatic N) is 1. The summed E-state index contributed by atoms with van der Waals surface area (Å²) in [4.78, 5) is 2.79. The highest BCUT2D eigenvalue weighted by atomic mass is 16.3. The molecule has 0 spiro atoms. The summed E-state index contributed by atoms with van der Waals surface area (Å²) >= 11 is 0. The monoisotopic (exact) mass is 498 g/mol. The third-order valence-electron chi connectivity index (χ3n) is 7.59. The van der Waals surface area contributed by atoms with E-state index in [0.29, 0.717) is 13.2 Å². The van der Waals surface area contributed by atoms with Gasteiger partial charge in [-0.1, -0.05) is 142 Å². The molecule has 2 N–H and O–H groups in total. The molecular formula is C32H67NO2. The van der Waals surface area contributed by atoms with Crippen molar-refractivity contribution in [1.82, 2.24) is 4.90 Å². The van der Waals surface area contributed by atoms with Gasteiger partial charge >= 0.3 is 0 Å². The summed E-state index contributed by atoms with van der Waals surface area (Å²) in [6.45, 7) is 7.01. The Kier molecular flexibility index (Phi) is 31.8. The van der Waals surface area contributed by atoms with Crippen LogP contribution in [-0.4, -0.2) is 48.0 Å². The van der Waals surface area contributed by atoms with Gasteiger partial charge in [-0.15, -0.1) is 0 Å². The molecule has 0 amide bonds. The van der Waals surface area contributed by atoms with Gasteiger partial charge in [-0.3, -0.25) is 0 Å². The van der Waals surface area contributed by atoms with Gasteiger partial charge in [0.25, 0.3) is 0 Å².